The molecule has 0 radical (unpaired) electrons. The van der Waals surface area contributed by atoms with Crippen molar-refractivity contribution < 1.29 is 9.47 Å². The molecule has 19 heavy (non-hydrogen) atoms. The van der Waals surface area contributed by atoms with Gasteiger partial charge in [-0.05, 0) is 40.0 Å². The maximum atomic E-state index is 5.52. The molecule has 1 rings (SSSR count). The summed E-state index contributed by atoms with van der Waals surface area (Å²) in [5, 5.41) is 3.53. The number of halogens is 1. The van der Waals surface area contributed by atoms with Crippen molar-refractivity contribution >= 4 is 15.9 Å². The summed E-state index contributed by atoms with van der Waals surface area (Å²) >= 11 is 3.50. The van der Waals surface area contributed by atoms with E-state index in [1.165, 1.54) is 0 Å². The molecular weight excluding hydrogens is 306 g/mol. The Labute approximate surface area is 124 Å². The summed E-state index contributed by atoms with van der Waals surface area (Å²) in [5.74, 6) is 1.69. The lowest BCUT2D eigenvalue weighted by molar-refractivity contribution is 0.267. The molecule has 1 atom stereocenters. The van der Waals surface area contributed by atoms with Crippen LogP contribution in [0.2, 0.25) is 0 Å². The fourth-order valence-electron chi connectivity index (χ4n) is 2.20. The molecule has 0 heterocycles. The molecule has 1 aromatic rings. The maximum Gasteiger partial charge on any atom is 0.133 e. The van der Waals surface area contributed by atoms with Crippen LogP contribution in [0, 0.1) is 5.41 Å². The molecule has 108 valence electrons. The third-order valence-corrected chi connectivity index (χ3v) is 3.71. The summed E-state index contributed by atoms with van der Waals surface area (Å²) in [6, 6.07) is 4.21. The van der Waals surface area contributed by atoms with E-state index in [4.69, 9.17) is 9.47 Å². The second kappa shape index (κ2) is 6.62. The van der Waals surface area contributed by atoms with Gasteiger partial charge in [-0.25, -0.2) is 0 Å². The molecule has 0 amide bonds. The van der Waals surface area contributed by atoms with Gasteiger partial charge in [-0.2, -0.15) is 0 Å². The van der Waals surface area contributed by atoms with Crippen molar-refractivity contribution in [2.24, 2.45) is 5.41 Å². The zero-order chi connectivity index (χ0) is 14.6. The highest BCUT2D eigenvalue weighted by molar-refractivity contribution is 9.10. The summed E-state index contributed by atoms with van der Waals surface area (Å²) in [4.78, 5) is 0. The zero-order valence-corrected chi connectivity index (χ0v) is 14.2. The van der Waals surface area contributed by atoms with Crippen molar-refractivity contribution in [3.05, 3.63) is 22.2 Å². The van der Waals surface area contributed by atoms with Crippen molar-refractivity contribution in [1.82, 2.24) is 5.32 Å². The molecule has 3 nitrogen and oxygen atoms in total. The number of rotatable bonds is 5. The molecule has 0 fully saturated rings. The van der Waals surface area contributed by atoms with Crippen molar-refractivity contribution in [1.29, 1.82) is 0 Å². The van der Waals surface area contributed by atoms with Gasteiger partial charge in [-0.15, -0.1) is 0 Å². The van der Waals surface area contributed by atoms with E-state index >= 15 is 0 Å². The molecule has 0 aromatic heterocycles. The van der Waals surface area contributed by atoms with Crippen LogP contribution < -0.4 is 14.8 Å². The van der Waals surface area contributed by atoms with Crippen molar-refractivity contribution in [2.45, 2.75) is 33.7 Å². The van der Waals surface area contributed by atoms with Crippen LogP contribution in [0.1, 0.15) is 39.3 Å². The number of hydrogen-bond donors (Lipinski definition) is 1. The molecule has 1 aromatic carbocycles. The second-order valence-corrected chi connectivity index (χ2v) is 6.44. The molecule has 0 saturated heterocycles. The number of ether oxygens (including phenoxy) is 2. The van der Waals surface area contributed by atoms with E-state index in [0.29, 0.717) is 0 Å². The second-order valence-electron chi connectivity index (χ2n) is 5.59. The molecule has 1 N–H and O–H groups in total. The Morgan fingerprint density at radius 3 is 2.16 bits per heavy atom. The molecule has 0 aliphatic carbocycles. The molecule has 0 bridgehead atoms. The van der Waals surface area contributed by atoms with E-state index in [1.807, 2.05) is 12.1 Å². The van der Waals surface area contributed by atoms with Crippen LogP contribution in [0.3, 0.4) is 0 Å². The van der Waals surface area contributed by atoms with Crippen LogP contribution in [0.5, 0.6) is 11.5 Å². The molecule has 0 aliphatic rings. The van der Waals surface area contributed by atoms with E-state index in [0.717, 1.165) is 28.1 Å². The average molecular weight is 330 g/mol. The fourth-order valence-corrected chi connectivity index (χ4v) is 2.68. The highest BCUT2D eigenvalue weighted by Gasteiger charge is 2.29. The molecule has 1 unspecified atom stereocenters. The SMILES string of the molecule is CCNC(c1cc(OC)c(Br)cc1OC)C(C)(C)C. The Balaban J connectivity index is 3.35. The molecule has 0 saturated carbocycles. The van der Waals surface area contributed by atoms with E-state index in [1.54, 1.807) is 14.2 Å². The fraction of sp³-hybridized carbons (Fsp3) is 0.600. The van der Waals surface area contributed by atoms with Crippen LogP contribution >= 0.6 is 15.9 Å². The molecular formula is C15H24BrNO2. The van der Waals surface area contributed by atoms with Gasteiger partial charge in [0.2, 0.25) is 0 Å². The lowest BCUT2D eigenvalue weighted by atomic mass is 9.82. The van der Waals surface area contributed by atoms with Gasteiger partial charge >= 0.3 is 0 Å². The summed E-state index contributed by atoms with van der Waals surface area (Å²) in [6.07, 6.45) is 0. The van der Waals surface area contributed by atoms with Gasteiger partial charge in [0.25, 0.3) is 0 Å². The first-order valence-corrected chi connectivity index (χ1v) is 7.29. The predicted molar refractivity (Wildman–Crippen MR) is 83.1 cm³/mol. The van der Waals surface area contributed by atoms with Gasteiger partial charge in [0.1, 0.15) is 11.5 Å². The summed E-state index contributed by atoms with van der Waals surface area (Å²) in [6.45, 7) is 9.67. The molecule has 0 spiro atoms. The van der Waals surface area contributed by atoms with Gasteiger partial charge in [0, 0.05) is 11.6 Å². The first-order chi connectivity index (χ1) is 8.85. The lowest BCUT2D eigenvalue weighted by Gasteiger charge is -2.33. The first-order valence-electron chi connectivity index (χ1n) is 6.50. The minimum Gasteiger partial charge on any atom is -0.496 e. The van der Waals surface area contributed by atoms with Crippen molar-refractivity contribution in [3.63, 3.8) is 0 Å². The molecule has 0 aliphatic heterocycles. The summed E-state index contributed by atoms with van der Waals surface area (Å²) in [5.41, 5.74) is 1.21. The Morgan fingerprint density at radius 1 is 1.16 bits per heavy atom. The van der Waals surface area contributed by atoms with Crippen LogP contribution in [0.15, 0.2) is 16.6 Å². The number of hydrogen-bond acceptors (Lipinski definition) is 3. The van der Waals surface area contributed by atoms with E-state index in [-0.39, 0.29) is 11.5 Å². The van der Waals surface area contributed by atoms with Crippen molar-refractivity contribution in [3.8, 4) is 11.5 Å². The van der Waals surface area contributed by atoms with Gasteiger partial charge in [-0.3, -0.25) is 0 Å². The van der Waals surface area contributed by atoms with Crippen LogP contribution in [0.4, 0.5) is 0 Å². The standard InChI is InChI=1S/C15H24BrNO2/c1-7-17-14(15(2,3)4)10-8-13(19-6)11(16)9-12(10)18-5/h8-9,14,17H,7H2,1-6H3. The summed E-state index contributed by atoms with van der Waals surface area (Å²) < 4.78 is 11.8. The van der Waals surface area contributed by atoms with Gasteiger partial charge in [0.15, 0.2) is 0 Å². The smallest absolute Gasteiger partial charge is 0.133 e. The number of nitrogens with one attached hydrogen (secondary N) is 1. The Morgan fingerprint density at radius 2 is 1.74 bits per heavy atom. The monoisotopic (exact) mass is 329 g/mol. The lowest BCUT2D eigenvalue weighted by Crippen LogP contribution is -2.32. The predicted octanol–water partition coefficient (Wildman–Crippen LogP) is 4.16. The number of benzene rings is 1. The van der Waals surface area contributed by atoms with Gasteiger partial charge in [0.05, 0.1) is 18.7 Å². The molecule has 4 heteroatoms. The average Bonchev–Trinajstić information content (AvgIpc) is 2.34. The van der Waals surface area contributed by atoms with E-state index in [9.17, 15) is 0 Å². The third-order valence-electron chi connectivity index (χ3n) is 3.09. The third kappa shape index (κ3) is 3.86. The highest BCUT2D eigenvalue weighted by atomic mass is 79.9. The Kier molecular flexibility index (Phi) is 5.68. The normalized spacial score (nSPS) is 13.2. The largest absolute Gasteiger partial charge is 0.496 e. The quantitative estimate of drug-likeness (QED) is 0.879. The van der Waals surface area contributed by atoms with Crippen molar-refractivity contribution in [2.75, 3.05) is 20.8 Å². The zero-order valence-electron chi connectivity index (χ0n) is 12.6. The van der Waals surface area contributed by atoms with Gasteiger partial charge < -0.3 is 14.8 Å². The number of methoxy groups -OCH3 is 2. The maximum absolute atomic E-state index is 5.52. The highest BCUT2D eigenvalue weighted by Crippen LogP contribution is 2.41. The van der Waals surface area contributed by atoms with E-state index < -0.39 is 0 Å². The summed E-state index contributed by atoms with van der Waals surface area (Å²) in [7, 11) is 3.37. The first kappa shape index (κ1) is 16.3. The van der Waals surface area contributed by atoms with Crippen LogP contribution in [-0.2, 0) is 0 Å². The van der Waals surface area contributed by atoms with Crippen LogP contribution in [-0.4, -0.2) is 20.8 Å². The van der Waals surface area contributed by atoms with E-state index in [2.05, 4.69) is 48.9 Å². The Bertz CT molecular complexity index is 427. The Hall–Kier alpha value is -0.740. The topological polar surface area (TPSA) is 30.5 Å². The van der Waals surface area contributed by atoms with Gasteiger partial charge in [-0.1, -0.05) is 27.7 Å². The minimum absolute atomic E-state index is 0.0854. The van der Waals surface area contributed by atoms with Crippen LogP contribution in [0.25, 0.3) is 0 Å². The minimum atomic E-state index is 0.0854.